The van der Waals surface area contributed by atoms with E-state index < -0.39 is 0 Å². The standard InChI is InChI=1S/C17H19N3O/c1-21-17-7-12(5-6-13(17)8-18)9-20-10-14-3-2-4-16(19)15(14)11-20/h5-7,10-11,16H,2-4,9,19H2,1H3. The molecule has 0 aliphatic heterocycles. The van der Waals surface area contributed by atoms with Crippen LogP contribution in [0.2, 0.25) is 0 Å². The van der Waals surface area contributed by atoms with Gasteiger partial charge in [-0.3, -0.25) is 0 Å². The Labute approximate surface area is 124 Å². The van der Waals surface area contributed by atoms with Crippen molar-refractivity contribution in [2.45, 2.75) is 31.8 Å². The van der Waals surface area contributed by atoms with Crippen LogP contribution >= 0.6 is 0 Å². The number of fused-ring (bicyclic) bond motifs is 1. The molecule has 0 saturated heterocycles. The summed E-state index contributed by atoms with van der Waals surface area (Å²) in [6.07, 6.45) is 7.71. The number of methoxy groups -OCH3 is 1. The average Bonchev–Trinajstić information content (AvgIpc) is 2.91. The topological polar surface area (TPSA) is 64.0 Å². The summed E-state index contributed by atoms with van der Waals surface area (Å²) in [6.45, 7) is 0.766. The van der Waals surface area contributed by atoms with Crippen LogP contribution in [0, 0.1) is 11.3 Å². The van der Waals surface area contributed by atoms with Gasteiger partial charge in [-0.2, -0.15) is 5.26 Å². The molecule has 2 N–H and O–H groups in total. The Morgan fingerprint density at radius 2 is 2.29 bits per heavy atom. The van der Waals surface area contributed by atoms with Crippen LogP contribution in [0.5, 0.6) is 5.75 Å². The van der Waals surface area contributed by atoms with Crippen LogP contribution in [0.4, 0.5) is 0 Å². The van der Waals surface area contributed by atoms with Crippen LogP contribution in [0.15, 0.2) is 30.6 Å². The maximum atomic E-state index is 9.02. The fourth-order valence-corrected chi connectivity index (χ4v) is 3.01. The maximum Gasteiger partial charge on any atom is 0.136 e. The molecule has 1 aromatic heterocycles. The fraction of sp³-hybridized carbons (Fsp3) is 0.353. The Morgan fingerprint density at radius 3 is 3.00 bits per heavy atom. The number of nitrogens with zero attached hydrogens (tertiary/aromatic N) is 2. The van der Waals surface area contributed by atoms with E-state index in [-0.39, 0.29) is 6.04 Å². The predicted molar refractivity (Wildman–Crippen MR) is 81.1 cm³/mol. The smallest absolute Gasteiger partial charge is 0.136 e. The zero-order valence-corrected chi connectivity index (χ0v) is 12.2. The van der Waals surface area contributed by atoms with Crippen molar-refractivity contribution < 1.29 is 4.74 Å². The molecule has 0 amide bonds. The van der Waals surface area contributed by atoms with Gasteiger partial charge < -0.3 is 15.0 Å². The van der Waals surface area contributed by atoms with Gasteiger partial charge in [0, 0.05) is 25.0 Å². The monoisotopic (exact) mass is 281 g/mol. The third-order valence-corrected chi connectivity index (χ3v) is 4.11. The van der Waals surface area contributed by atoms with E-state index in [0.29, 0.717) is 11.3 Å². The molecule has 0 radical (unpaired) electrons. The predicted octanol–water partition coefficient (Wildman–Crippen LogP) is 2.75. The van der Waals surface area contributed by atoms with Crippen molar-refractivity contribution in [2.75, 3.05) is 7.11 Å². The summed E-state index contributed by atoms with van der Waals surface area (Å²) < 4.78 is 7.44. The van der Waals surface area contributed by atoms with Crippen molar-refractivity contribution in [2.24, 2.45) is 5.73 Å². The first-order chi connectivity index (χ1) is 10.2. The normalized spacial score (nSPS) is 17.1. The van der Waals surface area contributed by atoms with Crippen molar-refractivity contribution in [3.63, 3.8) is 0 Å². The highest BCUT2D eigenvalue weighted by atomic mass is 16.5. The highest BCUT2D eigenvalue weighted by Crippen LogP contribution is 2.29. The lowest BCUT2D eigenvalue weighted by Gasteiger charge is -2.17. The molecule has 1 aliphatic carbocycles. The van der Waals surface area contributed by atoms with Gasteiger partial charge in [-0.05, 0) is 48.1 Å². The minimum Gasteiger partial charge on any atom is -0.495 e. The Hall–Kier alpha value is -2.25. The number of ether oxygens (including phenoxy) is 1. The Balaban J connectivity index is 1.86. The van der Waals surface area contributed by atoms with Crippen LogP contribution in [-0.4, -0.2) is 11.7 Å². The molecular weight excluding hydrogens is 262 g/mol. The van der Waals surface area contributed by atoms with Gasteiger partial charge in [0.25, 0.3) is 0 Å². The number of benzene rings is 1. The number of aromatic nitrogens is 1. The summed E-state index contributed by atoms with van der Waals surface area (Å²) >= 11 is 0. The van der Waals surface area contributed by atoms with E-state index in [9.17, 15) is 0 Å². The van der Waals surface area contributed by atoms with Gasteiger partial charge in [0.2, 0.25) is 0 Å². The summed E-state index contributed by atoms with van der Waals surface area (Å²) in [5, 5.41) is 9.02. The van der Waals surface area contributed by atoms with Gasteiger partial charge in [0.15, 0.2) is 0 Å². The number of rotatable bonds is 3. The van der Waals surface area contributed by atoms with Crippen molar-refractivity contribution in [1.82, 2.24) is 4.57 Å². The van der Waals surface area contributed by atoms with Crippen molar-refractivity contribution in [3.05, 3.63) is 52.8 Å². The molecule has 1 aliphatic rings. The SMILES string of the molecule is COc1cc(Cn2cc3c(c2)C(N)CCC3)ccc1C#N. The van der Waals surface area contributed by atoms with E-state index in [0.717, 1.165) is 24.9 Å². The van der Waals surface area contributed by atoms with Gasteiger partial charge in [-0.1, -0.05) is 6.07 Å². The highest BCUT2D eigenvalue weighted by molar-refractivity contribution is 5.45. The average molecular weight is 281 g/mol. The Kier molecular flexibility index (Phi) is 3.68. The number of nitriles is 1. The molecule has 4 heteroatoms. The Morgan fingerprint density at radius 1 is 1.43 bits per heavy atom. The van der Waals surface area contributed by atoms with Crippen molar-refractivity contribution >= 4 is 0 Å². The first kappa shape index (κ1) is 13.7. The molecule has 3 rings (SSSR count). The van der Waals surface area contributed by atoms with Crippen LogP contribution in [0.1, 0.15) is 41.1 Å². The number of nitrogens with two attached hydrogens (primary N) is 1. The lowest BCUT2D eigenvalue weighted by Crippen LogP contribution is -2.15. The van der Waals surface area contributed by atoms with E-state index in [1.54, 1.807) is 7.11 Å². The zero-order valence-electron chi connectivity index (χ0n) is 12.2. The maximum absolute atomic E-state index is 9.02. The second kappa shape index (κ2) is 5.63. The second-order valence-corrected chi connectivity index (χ2v) is 5.56. The van der Waals surface area contributed by atoms with E-state index in [4.69, 9.17) is 15.7 Å². The minimum absolute atomic E-state index is 0.172. The summed E-state index contributed by atoms with van der Waals surface area (Å²) in [7, 11) is 1.59. The molecule has 1 atom stereocenters. The summed E-state index contributed by atoms with van der Waals surface area (Å²) in [5.74, 6) is 0.628. The van der Waals surface area contributed by atoms with Crippen LogP contribution < -0.4 is 10.5 Å². The molecule has 1 heterocycles. The van der Waals surface area contributed by atoms with E-state index in [2.05, 4.69) is 23.0 Å². The van der Waals surface area contributed by atoms with Gasteiger partial charge in [0.1, 0.15) is 11.8 Å². The fourth-order valence-electron chi connectivity index (χ4n) is 3.01. The molecule has 0 bridgehead atoms. The van der Waals surface area contributed by atoms with Crippen LogP contribution in [0.25, 0.3) is 0 Å². The van der Waals surface area contributed by atoms with E-state index >= 15 is 0 Å². The largest absolute Gasteiger partial charge is 0.495 e. The molecule has 1 aromatic carbocycles. The third kappa shape index (κ3) is 2.65. The Bertz CT molecular complexity index is 697. The zero-order chi connectivity index (χ0) is 14.8. The van der Waals surface area contributed by atoms with Gasteiger partial charge in [-0.15, -0.1) is 0 Å². The molecular formula is C17H19N3O. The van der Waals surface area contributed by atoms with E-state index in [1.807, 2.05) is 18.2 Å². The van der Waals surface area contributed by atoms with Crippen LogP contribution in [0.3, 0.4) is 0 Å². The molecule has 21 heavy (non-hydrogen) atoms. The van der Waals surface area contributed by atoms with Gasteiger partial charge in [-0.25, -0.2) is 0 Å². The van der Waals surface area contributed by atoms with Crippen molar-refractivity contribution in [1.29, 1.82) is 5.26 Å². The molecule has 2 aromatic rings. The molecule has 4 nitrogen and oxygen atoms in total. The highest BCUT2D eigenvalue weighted by Gasteiger charge is 2.18. The lowest BCUT2D eigenvalue weighted by atomic mass is 9.92. The number of hydrogen-bond donors (Lipinski definition) is 1. The number of hydrogen-bond acceptors (Lipinski definition) is 3. The summed E-state index contributed by atoms with van der Waals surface area (Å²) in [6, 6.07) is 8.02. The van der Waals surface area contributed by atoms with Gasteiger partial charge >= 0.3 is 0 Å². The molecule has 0 fully saturated rings. The van der Waals surface area contributed by atoms with Gasteiger partial charge in [0.05, 0.1) is 12.7 Å². The minimum atomic E-state index is 0.172. The molecule has 1 unspecified atom stereocenters. The number of aryl methyl sites for hydroxylation is 1. The van der Waals surface area contributed by atoms with Crippen molar-refractivity contribution in [3.8, 4) is 11.8 Å². The van der Waals surface area contributed by atoms with Crippen LogP contribution in [-0.2, 0) is 13.0 Å². The quantitative estimate of drug-likeness (QED) is 0.940. The lowest BCUT2D eigenvalue weighted by molar-refractivity contribution is 0.413. The van der Waals surface area contributed by atoms with E-state index in [1.165, 1.54) is 17.5 Å². The molecule has 0 spiro atoms. The summed E-state index contributed by atoms with van der Waals surface area (Å²) in [5.41, 5.74) is 10.5. The molecule has 0 saturated carbocycles. The second-order valence-electron chi connectivity index (χ2n) is 5.56. The summed E-state index contributed by atoms with van der Waals surface area (Å²) in [4.78, 5) is 0. The first-order valence-corrected chi connectivity index (χ1v) is 7.22. The first-order valence-electron chi connectivity index (χ1n) is 7.22. The molecule has 108 valence electrons. The third-order valence-electron chi connectivity index (χ3n) is 4.11.